The van der Waals surface area contributed by atoms with Crippen molar-refractivity contribution in [3.05, 3.63) is 0 Å². The fourth-order valence-electron chi connectivity index (χ4n) is 2.63. The molecule has 0 amide bonds. The van der Waals surface area contributed by atoms with E-state index >= 15 is 0 Å². The van der Waals surface area contributed by atoms with Gasteiger partial charge in [-0.1, -0.05) is 26.7 Å². The molecule has 1 fully saturated rings. The lowest BCUT2D eigenvalue weighted by atomic mass is 9.90. The molecule has 0 radical (unpaired) electrons. The molecule has 0 spiro atoms. The van der Waals surface area contributed by atoms with Crippen LogP contribution in [0.3, 0.4) is 0 Å². The average Bonchev–Trinajstić information content (AvgIpc) is 2.54. The molecular formula is C12H25NO2S. The third-order valence-electron chi connectivity index (χ3n) is 3.75. The maximum Gasteiger partial charge on any atom is 0.150 e. The normalized spacial score (nSPS) is 26.1. The molecule has 1 rings (SSSR count). The van der Waals surface area contributed by atoms with Gasteiger partial charge in [0.2, 0.25) is 0 Å². The predicted molar refractivity (Wildman–Crippen MR) is 68.0 cm³/mol. The minimum absolute atomic E-state index is 0.184. The molecule has 16 heavy (non-hydrogen) atoms. The second kappa shape index (κ2) is 6.01. The topological polar surface area (TPSA) is 60.2 Å². The van der Waals surface area contributed by atoms with Crippen LogP contribution >= 0.6 is 0 Å². The van der Waals surface area contributed by atoms with Crippen molar-refractivity contribution in [2.75, 3.05) is 11.5 Å². The lowest BCUT2D eigenvalue weighted by Crippen LogP contribution is -2.26. The van der Waals surface area contributed by atoms with Crippen molar-refractivity contribution in [2.24, 2.45) is 17.6 Å². The van der Waals surface area contributed by atoms with Gasteiger partial charge in [-0.2, -0.15) is 0 Å². The summed E-state index contributed by atoms with van der Waals surface area (Å²) < 4.78 is 22.6. The average molecular weight is 247 g/mol. The Morgan fingerprint density at radius 2 is 1.94 bits per heavy atom. The summed E-state index contributed by atoms with van der Waals surface area (Å²) in [5.41, 5.74) is 6.10. The van der Waals surface area contributed by atoms with Crippen molar-refractivity contribution in [1.29, 1.82) is 0 Å². The van der Waals surface area contributed by atoms with E-state index < -0.39 is 9.84 Å². The van der Waals surface area contributed by atoms with E-state index in [0.29, 0.717) is 23.3 Å². The Hall–Kier alpha value is -0.0900. The highest BCUT2D eigenvalue weighted by Gasteiger charge is 2.29. The molecule has 0 aromatic rings. The molecule has 2 unspecified atom stereocenters. The highest BCUT2D eigenvalue weighted by molar-refractivity contribution is 7.91. The molecule has 1 saturated heterocycles. The van der Waals surface area contributed by atoms with Gasteiger partial charge >= 0.3 is 0 Å². The first-order valence-corrected chi connectivity index (χ1v) is 8.25. The second-order valence-electron chi connectivity index (χ2n) is 5.18. The highest BCUT2D eigenvalue weighted by Crippen LogP contribution is 2.25. The zero-order chi connectivity index (χ0) is 12.2. The largest absolute Gasteiger partial charge is 0.328 e. The summed E-state index contributed by atoms with van der Waals surface area (Å²) in [5, 5.41) is 0. The van der Waals surface area contributed by atoms with Crippen LogP contribution in [-0.4, -0.2) is 26.0 Å². The van der Waals surface area contributed by atoms with Crippen LogP contribution in [0.25, 0.3) is 0 Å². The van der Waals surface area contributed by atoms with Gasteiger partial charge in [-0.25, -0.2) is 8.42 Å². The van der Waals surface area contributed by atoms with Crippen LogP contribution in [0.1, 0.15) is 46.0 Å². The lowest BCUT2D eigenvalue weighted by molar-refractivity contribution is 0.365. The first-order valence-electron chi connectivity index (χ1n) is 6.42. The SMILES string of the molecule is CCC(CC)CC(N)CC1CCS(=O)(=O)C1. The van der Waals surface area contributed by atoms with Gasteiger partial charge in [0.1, 0.15) is 0 Å². The van der Waals surface area contributed by atoms with Crippen molar-refractivity contribution >= 4 is 9.84 Å². The van der Waals surface area contributed by atoms with Crippen molar-refractivity contribution < 1.29 is 8.42 Å². The molecule has 2 N–H and O–H groups in total. The second-order valence-corrected chi connectivity index (χ2v) is 7.41. The Kier molecular flexibility index (Phi) is 5.25. The predicted octanol–water partition coefficient (Wildman–Crippen LogP) is 1.96. The van der Waals surface area contributed by atoms with E-state index in [-0.39, 0.29) is 6.04 Å². The summed E-state index contributed by atoms with van der Waals surface area (Å²) in [4.78, 5) is 0. The smallest absolute Gasteiger partial charge is 0.150 e. The van der Waals surface area contributed by atoms with Gasteiger partial charge in [0.05, 0.1) is 11.5 Å². The maximum atomic E-state index is 11.3. The van der Waals surface area contributed by atoms with Crippen LogP contribution in [0.4, 0.5) is 0 Å². The van der Waals surface area contributed by atoms with Gasteiger partial charge < -0.3 is 5.73 Å². The summed E-state index contributed by atoms with van der Waals surface area (Å²) >= 11 is 0. The van der Waals surface area contributed by atoms with Crippen LogP contribution in [0.2, 0.25) is 0 Å². The van der Waals surface area contributed by atoms with Gasteiger partial charge in [0.25, 0.3) is 0 Å². The van der Waals surface area contributed by atoms with Gasteiger partial charge in [-0.15, -0.1) is 0 Å². The first-order chi connectivity index (χ1) is 7.46. The van der Waals surface area contributed by atoms with E-state index in [4.69, 9.17) is 5.73 Å². The molecule has 96 valence electrons. The Morgan fingerprint density at radius 1 is 1.31 bits per heavy atom. The van der Waals surface area contributed by atoms with E-state index in [1.54, 1.807) is 0 Å². The fraction of sp³-hybridized carbons (Fsp3) is 1.00. The number of rotatable bonds is 6. The number of sulfone groups is 1. The lowest BCUT2D eigenvalue weighted by Gasteiger charge is -2.20. The quantitative estimate of drug-likeness (QED) is 0.780. The molecule has 0 saturated carbocycles. The molecule has 0 aliphatic carbocycles. The van der Waals surface area contributed by atoms with Crippen molar-refractivity contribution in [3.8, 4) is 0 Å². The summed E-state index contributed by atoms with van der Waals surface area (Å²) in [6, 6.07) is 0.184. The monoisotopic (exact) mass is 247 g/mol. The van der Waals surface area contributed by atoms with Crippen LogP contribution in [0, 0.1) is 11.8 Å². The highest BCUT2D eigenvalue weighted by atomic mass is 32.2. The molecule has 4 heteroatoms. The van der Waals surface area contributed by atoms with E-state index in [1.807, 2.05) is 0 Å². The summed E-state index contributed by atoms with van der Waals surface area (Å²) in [5.74, 6) is 1.75. The first kappa shape index (κ1) is 14.0. The van der Waals surface area contributed by atoms with E-state index in [1.165, 1.54) is 12.8 Å². The zero-order valence-electron chi connectivity index (χ0n) is 10.5. The molecule has 1 heterocycles. The third kappa shape index (κ3) is 4.42. The zero-order valence-corrected chi connectivity index (χ0v) is 11.3. The Balaban J connectivity index is 2.32. The van der Waals surface area contributed by atoms with Crippen molar-refractivity contribution in [3.63, 3.8) is 0 Å². The Labute approximate surface area is 99.7 Å². The van der Waals surface area contributed by atoms with Crippen LogP contribution in [-0.2, 0) is 9.84 Å². The minimum atomic E-state index is -2.74. The van der Waals surface area contributed by atoms with Crippen molar-refractivity contribution in [1.82, 2.24) is 0 Å². The molecule has 2 atom stereocenters. The van der Waals surface area contributed by atoms with Gasteiger partial charge in [0.15, 0.2) is 9.84 Å². The Bertz CT molecular complexity index is 296. The van der Waals surface area contributed by atoms with E-state index in [0.717, 1.165) is 19.3 Å². The molecular weight excluding hydrogens is 222 g/mol. The molecule has 0 aromatic heterocycles. The number of nitrogens with two attached hydrogens (primary N) is 1. The maximum absolute atomic E-state index is 11.3. The molecule has 1 aliphatic rings. The summed E-state index contributed by atoms with van der Waals surface area (Å²) in [6.45, 7) is 4.39. The van der Waals surface area contributed by atoms with E-state index in [2.05, 4.69) is 13.8 Å². The van der Waals surface area contributed by atoms with E-state index in [9.17, 15) is 8.42 Å². The van der Waals surface area contributed by atoms with Crippen molar-refractivity contribution in [2.45, 2.75) is 52.0 Å². The number of hydrogen-bond donors (Lipinski definition) is 1. The van der Waals surface area contributed by atoms with Gasteiger partial charge in [-0.3, -0.25) is 0 Å². The van der Waals surface area contributed by atoms with Crippen LogP contribution in [0.5, 0.6) is 0 Å². The number of hydrogen-bond acceptors (Lipinski definition) is 3. The fourth-order valence-corrected chi connectivity index (χ4v) is 4.51. The standard InChI is InChI=1S/C12H25NO2S/c1-3-10(4-2)7-12(13)8-11-5-6-16(14,15)9-11/h10-12H,3-9,13H2,1-2H3. The molecule has 1 aliphatic heterocycles. The molecule has 0 bridgehead atoms. The summed E-state index contributed by atoms with van der Waals surface area (Å²) in [7, 11) is -2.74. The molecule has 0 aromatic carbocycles. The van der Waals surface area contributed by atoms with Crippen LogP contribution in [0.15, 0.2) is 0 Å². The molecule has 3 nitrogen and oxygen atoms in total. The summed E-state index contributed by atoms with van der Waals surface area (Å²) in [6.07, 6.45) is 5.10. The van der Waals surface area contributed by atoms with Gasteiger partial charge in [-0.05, 0) is 31.1 Å². The third-order valence-corrected chi connectivity index (χ3v) is 5.59. The van der Waals surface area contributed by atoms with Gasteiger partial charge in [0, 0.05) is 6.04 Å². The van der Waals surface area contributed by atoms with Crippen LogP contribution < -0.4 is 5.73 Å². The minimum Gasteiger partial charge on any atom is -0.328 e. The Morgan fingerprint density at radius 3 is 2.38 bits per heavy atom.